The molecule has 0 bridgehead atoms. The molecule has 2 atom stereocenters. The number of amides is 2. The summed E-state index contributed by atoms with van der Waals surface area (Å²) >= 11 is 5.06. The minimum Gasteiger partial charge on any atom is -0.493 e. The summed E-state index contributed by atoms with van der Waals surface area (Å²) < 4.78 is 11.7. The van der Waals surface area contributed by atoms with Crippen LogP contribution in [-0.2, 0) is 4.79 Å². The average molecular weight is 515 g/mol. The fourth-order valence-corrected chi connectivity index (χ4v) is 5.58. The van der Waals surface area contributed by atoms with Gasteiger partial charge >= 0.3 is 0 Å². The first-order valence-corrected chi connectivity index (χ1v) is 11.7. The number of benzene rings is 2. The van der Waals surface area contributed by atoms with Gasteiger partial charge < -0.3 is 19.7 Å². The third kappa shape index (κ3) is 3.89. The first-order valence-electron chi connectivity index (χ1n) is 9.99. The van der Waals surface area contributed by atoms with Gasteiger partial charge in [0.25, 0.3) is 5.91 Å². The quantitative estimate of drug-likeness (QED) is 0.495. The molecule has 3 aromatic rings. The Labute approximate surface area is 199 Å². The van der Waals surface area contributed by atoms with E-state index in [9.17, 15) is 9.59 Å². The fourth-order valence-electron chi connectivity index (χ4n) is 4.08. The standard InChI is InChI=1S/C24H23BrN2O4S/c1-13-7-8-17(16(25)10-13)26-23(28)21-14-11-18(30-3)19(31-4)12-15(14)24(29)27(2)22(21)20-6-5-9-32-20/h5-12,21-22H,1-4H3,(H,26,28)/t21-,22+/m1/s1. The molecule has 0 aliphatic carbocycles. The van der Waals surface area contributed by atoms with Crippen LogP contribution >= 0.6 is 27.3 Å². The van der Waals surface area contributed by atoms with Crippen molar-refractivity contribution < 1.29 is 19.1 Å². The van der Waals surface area contributed by atoms with E-state index >= 15 is 0 Å². The number of thiophene rings is 1. The maximum atomic E-state index is 13.7. The fraction of sp³-hybridized carbons (Fsp3) is 0.250. The molecule has 4 rings (SSSR count). The molecule has 2 aromatic carbocycles. The third-order valence-electron chi connectivity index (χ3n) is 5.67. The van der Waals surface area contributed by atoms with E-state index in [2.05, 4.69) is 21.2 Å². The first-order chi connectivity index (χ1) is 15.3. The smallest absolute Gasteiger partial charge is 0.254 e. The number of ether oxygens (including phenoxy) is 2. The molecule has 0 unspecified atom stereocenters. The summed E-state index contributed by atoms with van der Waals surface area (Å²) in [6, 6.07) is 12.6. The Balaban J connectivity index is 1.86. The van der Waals surface area contributed by atoms with Gasteiger partial charge in [-0.3, -0.25) is 9.59 Å². The lowest BCUT2D eigenvalue weighted by Crippen LogP contribution is -2.43. The zero-order valence-electron chi connectivity index (χ0n) is 18.1. The van der Waals surface area contributed by atoms with E-state index in [4.69, 9.17) is 9.47 Å². The Morgan fingerprint density at radius 3 is 2.47 bits per heavy atom. The number of nitrogens with zero attached hydrogens (tertiary/aromatic N) is 1. The topological polar surface area (TPSA) is 67.9 Å². The third-order valence-corrected chi connectivity index (χ3v) is 7.27. The Morgan fingerprint density at radius 2 is 1.84 bits per heavy atom. The molecule has 0 spiro atoms. The Bertz CT molecular complexity index is 1180. The molecule has 0 saturated heterocycles. The molecular formula is C24H23BrN2O4S. The van der Waals surface area contributed by atoms with E-state index < -0.39 is 12.0 Å². The molecule has 166 valence electrons. The Morgan fingerprint density at radius 1 is 1.12 bits per heavy atom. The summed E-state index contributed by atoms with van der Waals surface area (Å²) in [5.74, 6) is -0.0917. The van der Waals surface area contributed by atoms with E-state index in [0.717, 1.165) is 14.9 Å². The van der Waals surface area contributed by atoms with Gasteiger partial charge in [-0.25, -0.2) is 0 Å². The van der Waals surface area contributed by atoms with Crippen molar-refractivity contribution in [1.82, 2.24) is 4.90 Å². The van der Waals surface area contributed by atoms with Crippen molar-refractivity contribution in [3.63, 3.8) is 0 Å². The van der Waals surface area contributed by atoms with Gasteiger partial charge in [0, 0.05) is 22.0 Å². The zero-order valence-corrected chi connectivity index (χ0v) is 20.5. The van der Waals surface area contributed by atoms with Crippen LogP contribution in [0.2, 0.25) is 0 Å². The molecule has 2 amide bonds. The van der Waals surface area contributed by atoms with Crippen LogP contribution < -0.4 is 14.8 Å². The number of likely N-dealkylation sites (N-methyl/N-ethyl adjacent to an activating group) is 1. The largest absolute Gasteiger partial charge is 0.493 e. The molecule has 0 radical (unpaired) electrons. The minimum atomic E-state index is -0.639. The van der Waals surface area contributed by atoms with Gasteiger partial charge in [-0.05, 0) is 69.7 Å². The maximum Gasteiger partial charge on any atom is 0.254 e. The summed E-state index contributed by atoms with van der Waals surface area (Å²) in [4.78, 5) is 29.6. The van der Waals surface area contributed by atoms with E-state index in [0.29, 0.717) is 28.3 Å². The van der Waals surface area contributed by atoms with Crippen molar-refractivity contribution in [2.75, 3.05) is 26.6 Å². The SMILES string of the molecule is COc1cc2c(cc1OC)[C@@H](C(=O)Nc1ccc(C)cc1Br)[C@H](c1cccs1)N(C)C2=O. The van der Waals surface area contributed by atoms with Crippen molar-refractivity contribution >= 4 is 44.8 Å². The molecule has 32 heavy (non-hydrogen) atoms. The summed E-state index contributed by atoms with van der Waals surface area (Å²) in [7, 11) is 4.79. The highest BCUT2D eigenvalue weighted by molar-refractivity contribution is 9.10. The van der Waals surface area contributed by atoms with E-state index in [1.807, 2.05) is 42.6 Å². The number of hydrogen-bond acceptors (Lipinski definition) is 5. The van der Waals surface area contributed by atoms with Crippen LogP contribution in [0.1, 0.15) is 38.3 Å². The number of methoxy groups -OCH3 is 2. The van der Waals surface area contributed by atoms with Crippen LogP contribution in [0.4, 0.5) is 5.69 Å². The number of halogens is 1. The van der Waals surface area contributed by atoms with Crippen molar-refractivity contribution in [2.24, 2.45) is 0 Å². The molecule has 0 fully saturated rings. The number of nitrogens with one attached hydrogen (secondary N) is 1. The highest BCUT2D eigenvalue weighted by Gasteiger charge is 2.44. The van der Waals surface area contributed by atoms with E-state index in [1.165, 1.54) is 25.6 Å². The number of hydrogen-bond donors (Lipinski definition) is 1. The van der Waals surface area contributed by atoms with Gasteiger partial charge in [-0.1, -0.05) is 12.1 Å². The predicted molar refractivity (Wildman–Crippen MR) is 129 cm³/mol. The van der Waals surface area contributed by atoms with Crippen molar-refractivity contribution in [2.45, 2.75) is 18.9 Å². The molecule has 1 aromatic heterocycles. The number of carbonyl (C=O) groups is 2. The summed E-state index contributed by atoms with van der Waals surface area (Å²) in [6.45, 7) is 1.99. The monoisotopic (exact) mass is 514 g/mol. The molecule has 2 heterocycles. The highest BCUT2D eigenvalue weighted by Crippen LogP contribution is 2.47. The number of anilines is 1. The van der Waals surface area contributed by atoms with Gasteiger partial charge in [0.2, 0.25) is 5.91 Å². The highest BCUT2D eigenvalue weighted by atomic mass is 79.9. The van der Waals surface area contributed by atoms with Crippen molar-refractivity contribution in [3.8, 4) is 11.5 Å². The van der Waals surface area contributed by atoms with Gasteiger partial charge in [0.05, 0.1) is 31.9 Å². The molecule has 1 aliphatic rings. The van der Waals surface area contributed by atoms with Crippen LogP contribution in [0.25, 0.3) is 0 Å². The molecule has 6 nitrogen and oxygen atoms in total. The second-order valence-corrected chi connectivity index (χ2v) is 9.45. The maximum absolute atomic E-state index is 13.7. The number of rotatable bonds is 5. The van der Waals surface area contributed by atoms with Crippen molar-refractivity contribution in [1.29, 1.82) is 0 Å². The number of aryl methyl sites for hydroxylation is 1. The van der Waals surface area contributed by atoms with Crippen LogP contribution in [0.3, 0.4) is 0 Å². The lowest BCUT2D eigenvalue weighted by atomic mass is 9.81. The van der Waals surface area contributed by atoms with Crippen LogP contribution in [0, 0.1) is 6.92 Å². The van der Waals surface area contributed by atoms with Gasteiger partial charge in [0.15, 0.2) is 11.5 Å². The van der Waals surface area contributed by atoms with Gasteiger partial charge in [0.1, 0.15) is 0 Å². The zero-order chi connectivity index (χ0) is 23.0. The van der Waals surface area contributed by atoms with Crippen LogP contribution in [-0.4, -0.2) is 38.0 Å². The number of fused-ring (bicyclic) bond motifs is 1. The molecular weight excluding hydrogens is 492 g/mol. The predicted octanol–water partition coefficient (Wildman–Crippen LogP) is 5.39. The molecule has 0 saturated carbocycles. The second kappa shape index (κ2) is 8.96. The van der Waals surface area contributed by atoms with Crippen molar-refractivity contribution in [3.05, 3.63) is 73.9 Å². The lowest BCUT2D eigenvalue weighted by molar-refractivity contribution is -0.119. The minimum absolute atomic E-state index is 0.167. The molecule has 8 heteroatoms. The lowest BCUT2D eigenvalue weighted by Gasteiger charge is -2.39. The average Bonchev–Trinajstić information content (AvgIpc) is 3.31. The summed E-state index contributed by atoms with van der Waals surface area (Å²) in [5.41, 5.74) is 2.80. The molecule has 1 N–H and O–H groups in total. The van der Waals surface area contributed by atoms with E-state index in [-0.39, 0.29) is 11.8 Å². The van der Waals surface area contributed by atoms with Gasteiger partial charge in [-0.2, -0.15) is 0 Å². The number of carbonyl (C=O) groups excluding carboxylic acids is 2. The van der Waals surface area contributed by atoms with Gasteiger partial charge in [-0.15, -0.1) is 11.3 Å². The summed E-state index contributed by atoms with van der Waals surface area (Å²) in [6.07, 6.45) is 0. The first kappa shape index (κ1) is 22.4. The Hall–Kier alpha value is -2.84. The normalized spacial score (nSPS) is 17.7. The van der Waals surface area contributed by atoms with Crippen LogP contribution in [0.5, 0.6) is 11.5 Å². The van der Waals surface area contributed by atoms with E-state index in [1.54, 1.807) is 24.1 Å². The van der Waals surface area contributed by atoms with Crippen LogP contribution in [0.15, 0.2) is 52.3 Å². The Kier molecular flexibility index (Phi) is 6.26. The molecule has 1 aliphatic heterocycles. The summed E-state index contributed by atoms with van der Waals surface area (Å²) in [5, 5.41) is 5.00. The second-order valence-electron chi connectivity index (χ2n) is 7.62.